The molecular weight excluding hydrogens is 264 g/mol. The molecule has 1 fully saturated rings. The molecule has 0 saturated carbocycles. The van der Waals surface area contributed by atoms with Gasteiger partial charge in [-0.2, -0.15) is 0 Å². The molecule has 1 heterocycles. The van der Waals surface area contributed by atoms with E-state index in [1.807, 2.05) is 35.2 Å². The van der Waals surface area contributed by atoms with Crippen LogP contribution in [0, 0.1) is 5.92 Å². The van der Waals surface area contributed by atoms with E-state index in [2.05, 4.69) is 6.92 Å². The molecule has 0 aliphatic carbocycles. The fourth-order valence-corrected chi connectivity index (χ4v) is 2.41. The Morgan fingerprint density at radius 1 is 1.42 bits per heavy atom. The highest BCUT2D eigenvalue weighted by atomic mass is 35.5. The van der Waals surface area contributed by atoms with Crippen molar-refractivity contribution in [2.24, 2.45) is 11.7 Å². The molecule has 2 N–H and O–H groups in total. The van der Waals surface area contributed by atoms with Gasteiger partial charge in [0.15, 0.2) is 6.61 Å². The molecule has 2 atom stereocenters. The van der Waals surface area contributed by atoms with Crippen LogP contribution in [0.2, 0.25) is 0 Å². The minimum atomic E-state index is 0. The van der Waals surface area contributed by atoms with Crippen molar-refractivity contribution in [3.63, 3.8) is 0 Å². The van der Waals surface area contributed by atoms with Gasteiger partial charge in [-0.05, 0) is 37.9 Å². The number of nitrogens with two attached hydrogens (primary N) is 1. The van der Waals surface area contributed by atoms with Crippen LogP contribution < -0.4 is 10.5 Å². The summed E-state index contributed by atoms with van der Waals surface area (Å²) in [5.41, 5.74) is 5.65. The molecule has 0 radical (unpaired) electrons. The first-order chi connectivity index (χ1) is 8.70. The maximum atomic E-state index is 12.1. The summed E-state index contributed by atoms with van der Waals surface area (Å²) in [4.78, 5) is 13.9. The highest BCUT2D eigenvalue weighted by Gasteiger charge is 2.31. The lowest BCUT2D eigenvalue weighted by Crippen LogP contribution is -2.37. The number of carbonyl (C=O) groups is 1. The number of halogens is 1. The monoisotopic (exact) mass is 284 g/mol. The van der Waals surface area contributed by atoms with E-state index in [-0.39, 0.29) is 31.0 Å². The van der Waals surface area contributed by atoms with E-state index < -0.39 is 0 Å². The first-order valence-corrected chi connectivity index (χ1v) is 6.38. The Morgan fingerprint density at radius 2 is 2.11 bits per heavy atom. The zero-order chi connectivity index (χ0) is 13.0. The summed E-state index contributed by atoms with van der Waals surface area (Å²) >= 11 is 0. The van der Waals surface area contributed by atoms with Gasteiger partial charge in [-0.25, -0.2) is 0 Å². The van der Waals surface area contributed by atoms with E-state index in [1.165, 1.54) is 0 Å². The molecule has 2 unspecified atom stereocenters. The molecular formula is C14H21ClN2O2. The molecule has 5 heteroatoms. The fraction of sp³-hybridized carbons (Fsp3) is 0.500. The molecule has 1 aromatic rings. The molecule has 19 heavy (non-hydrogen) atoms. The number of ether oxygens (including phenoxy) is 1. The lowest BCUT2D eigenvalue weighted by Gasteiger charge is -2.21. The lowest BCUT2D eigenvalue weighted by atomic mass is 10.1. The molecule has 1 amide bonds. The third kappa shape index (κ3) is 4.11. The Labute approximate surface area is 120 Å². The Kier molecular flexibility index (Phi) is 6.12. The van der Waals surface area contributed by atoms with Gasteiger partial charge in [0.2, 0.25) is 0 Å². The zero-order valence-corrected chi connectivity index (χ0v) is 11.9. The molecule has 1 aliphatic heterocycles. The highest BCUT2D eigenvalue weighted by molar-refractivity contribution is 5.85. The molecule has 1 aromatic carbocycles. The van der Waals surface area contributed by atoms with Crippen LogP contribution in [0.5, 0.6) is 5.75 Å². The summed E-state index contributed by atoms with van der Waals surface area (Å²) in [6.07, 6.45) is 0.994. The van der Waals surface area contributed by atoms with Crippen molar-refractivity contribution in [1.82, 2.24) is 4.90 Å². The van der Waals surface area contributed by atoms with Gasteiger partial charge in [-0.15, -0.1) is 12.4 Å². The molecule has 4 nitrogen and oxygen atoms in total. The summed E-state index contributed by atoms with van der Waals surface area (Å²) in [6.45, 7) is 3.57. The Balaban J connectivity index is 0.00000180. The highest BCUT2D eigenvalue weighted by Crippen LogP contribution is 2.22. The number of carbonyl (C=O) groups excluding carboxylic acids is 1. The number of likely N-dealkylation sites (tertiary alicyclic amines) is 1. The Hall–Kier alpha value is -1.26. The molecule has 106 valence electrons. The van der Waals surface area contributed by atoms with Crippen molar-refractivity contribution in [2.45, 2.75) is 19.4 Å². The van der Waals surface area contributed by atoms with E-state index in [4.69, 9.17) is 10.5 Å². The van der Waals surface area contributed by atoms with Gasteiger partial charge in [-0.1, -0.05) is 18.2 Å². The first kappa shape index (κ1) is 15.8. The molecule has 1 saturated heterocycles. The summed E-state index contributed by atoms with van der Waals surface area (Å²) in [6, 6.07) is 9.67. The molecule has 0 bridgehead atoms. The van der Waals surface area contributed by atoms with Crippen molar-refractivity contribution < 1.29 is 9.53 Å². The van der Waals surface area contributed by atoms with Crippen molar-refractivity contribution in [2.75, 3.05) is 19.7 Å². The SMILES string of the molecule is CC1CC(CN)CN1C(=O)COc1ccccc1.Cl. The molecule has 0 aromatic heterocycles. The van der Waals surface area contributed by atoms with E-state index in [0.29, 0.717) is 12.5 Å². The number of amides is 1. The van der Waals surface area contributed by atoms with Crippen molar-refractivity contribution >= 4 is 18.3 Å². The number of nitrogens with zero attached hydrogens (tertiary/aromatic N) is 1. The summed E-state index contributed by atoms with van der Waals surface area (Å²) < 4.78 is 5.47. The van der Waals surface area contributed by atoms with Crippen LogP contribution in [0.1, 0.15) is 13.3 Å². The molecule has 2 rings (SSSR count). The van der Waals surface area contributed by atoms with E-state index in [1.54, 1.807) is 0 Å². The van der Waals surface area contributed by atoms with Crippen LogP contribution in [-0.2, 0) is 4.79 Å². The minimum Gasteiger partial charge on any atom is -0.484 e. The number of benzene rings is 1. The second-order valence-corrected chi connectivity index (χ2v) is 4.83. The summed E-state index contributed by atoms with van der Waals surface area (Å²) in [7, 11) is 0. The predicted octanol–water partition coefficient (Wildman–Crippen LogP) is 1.68. The second kappa shape index (κ2) is 7.36. The van der Waals surface area contributed by atoms with Gasteiger partial charge >= 0.3 is 0 Å². The van der Waals surface area contributed by atoms with Crippen LogP contribution in [0.4, 0.5) is 0 Å². The summed E-state index contributed by atoms with van der Waals surface area (Å²) in [5, 5.41) is 0. The van der Waals surface area contributed by atoms with Crippen molar-refractivity contribution in [3.8, 4) is 5.75 Å². The topological polar surface area (TPSA) is 55.6 Å². The first-order valence-electron chi connectivity index (χ1n) is 6.38. The average Bonchev–Trinajstić information content (AvgIpc) is 2.78. The maximum absolute atomic E-state index is 12.1. The van der Waals surface area contributed by atoms with Gasteiger partial charge < -0.3 is 15.4 Å². The van der Waals surface area contributed by atoms with Crippen molar-refractivity contribution in [3.05, 3.63) is 30.3 Å². The summed E-state index contributed by atoms with van der Waals surface area (Å²) in [5.74, 6) is 1.20. The standard InChI is InChI=1S/C14H20N2O2.ClH/c1-11-7-12(8-15)9-16(11)14(17)10-18-13-5-3-2-4-6-13;/h2-6,11-12H,7-10,15H2,1H3;1H. The quantitative estimate of drug-likeness (QED) is 0.915. The van der Waals surface area contributed by atoms with Crippen molar-refractivity contribution in [1.29, 1.82) is 0 Å². The van der Waals surface area contributed by atoms with Gasteiger partial charge in [0.25, 0.3) is 5.91 Å². The van der Waals surface area contributed by atoms with Gasteiger partial charge in [0, 0.05) is 12.6 Å². The van der Waals surface area contributed by atoms with E-state index >= 15 is 0 Å². The normalized spacial score (nSPS) is 21.9. The fourth-order valence-electron chi connectivity index (χ4n) is 2.41. The van der Waals surface area contributed by atoms with Crippen LogP contribution >= 0.6 is 12.4 Å². The number of hydrogen-bond donors (Lipinski definition) is 1. The van der Waals surface area contributed by atoms with E-state index in [0.717, 1.165) is 18.7 Å². The van der Waals surface area contributed by atoms with Gasteiger partial charge in [0.1, 0.15) is 5.75 Å². The predicted molar refractivity (Wildman–Crippen MR) is 77.5 cm³/mol. The molecule has 0 spiro atoms. The number of rotatable bonds is 4. The lowest BCUT2D eigenvalue weighted by molar-refractivity contribution is -0.134. The minimum absolute atomic E-state index is 0. The van der Waals surface area contributed by atoms with Crippen LogP contribution in [0.15, 0.2) is 30.3 Å². The number of hydrogen-bond acceptors (Lipinski definition) is 3. The molecule has 1 aliphatic rings. The smallest absolute Gasteiger partial charge is 0.260 e. The van der Waals surface area contributed by atoms with Gasteiger partial charge in [0.05, 0.1) is 0 Å². The second-order valence-electron chi connectivity index (χ2n) is 4.83. The van der Waals surface area contributed by atoms with Crippen LogP contribution in [0.25, 0.3) is 0 Å². The van der Waals surface area contributed by atoms with Crippen LogP contribution in [-0.4, -0.2) is 36.5 Å². The van der Waals surface area contributed by atoms with E-state index in [9.17, 15) is 4.79 Å². The zero-order valence-electron chi connectivity index (χ0n) is 11.1. The Bertz CT molecular complexity index is 400. The average molecular weight is 285 g/mol. The maximum Gasteiger partial charge on any atom is 0.260 e. The third-order valence-electron chi connectivity index (χ3n) is 3.42. The van der Waals surface area contributed by atoms with Gasteiger partial charge in [-0.3, -0.25) is 4.79 Å². The largest absolute Gasteiger partial charge is 0.484 e. The van der Waals surface area contributed by atoms with Crippen LogP contribution in [0.3, 0.4) is 0 Å². The third-order valence-corrected chi connectivity index (χ3v) is 3.42. The Morgan fingerprint density at radius 3 is 2.68 bits per heavy atom. The number of para-hydroxylation sites is 1.